The predicted molar refractivity (Wildman–Crippen MR) is 102 cm³/mol. The molecule has 1 aliphatic heterocycles. The van der Waals surface area contributed by atoms with Gasteiger partial charge in [0.05, 0.1) is 12.2 Å². The minimum atomic E-state index is -4.65. The van der Waals surface area contributed by atoms with Gasteiger partial charge >= 0.3 is 12.8 Å². The maximum atomic E-state index is 13.7. The van der Waals surface area contributed by atoms with Crippen LogP contribution in [0.15, 0.2) is 36.5 Å². The monoisotopic (exact) mass is 472 g/mol. The molecule has 7 nitrogen and oxygen atoms in total. The van der Waals surface area contributed by atoms with Crippen molar-refractivity contribution in [3.05, 3.63) is 53.5 Å². The molecular weight excluding hydrogens is 458 g/mol. The highest BCUT2D eigenvalue weighted by atomic mass is 19.4. The zero-order chi connectivity index (χ0) is 23.9. The van der Waals surface area contributed by atoms with Crippen molar-refractivity contribution in [2.75, 3.05) is 11.5 Å². The second-order valence-electron chi connectivity index (χ2n) is 6.96. The van der Waals surface area contributed by atoms with Gasteiger partial charge in [-0.25, -0.2) is 9.07 Å². The molecule has 0 fully saturated rings. The van der Waals surface area contributed by atoms with Crippen molar-refractivity contribution >= 4 is 11.7 Å². The quantitative estimate of drug-likeness (QED) is 0.500. The van der Waals surface area contributed by atoms with Crippen LogP contribution in [0.2, 0.25) is 0 Å². The third-order valence-corrected chi connectivity index (χ3v) is 4.75. The maximum Gasteiger partial charge on any atom is 0.422 e. The van der Waals surface area contributed by atoms with Crippen LogP contribution in [0.1, 0.15) is 15.9 Å². The maximum absolute atomic E-state index is 13.7. The van der Waals surface area contributed by atoms with E-state index >= 15 is 0 Å². The van der Waals surface area contributed by atoms with Gasteiger partial charge in [-0.15, -0.1) is 0 Å². The lowest BCUT2D eigenvalue weighted by Gasteiger charge is -2.15. The highest BCUT2D eigenvalue weighted by molar-refractivity contribution is 6.10. The number of alkyl halides is 5. The number of ether oxygens (including phenoxy) is 2. The second kappa shape index (κ2) is 8.30. The summed E-state index contributed by atoms with van der Waals surface area (Å²) in [7, 11) is 1.35. The molecule has 13 heteroatoms. The van der Waals surface area contributed by atoms with E-state index in [0.29, 0.717) is 5.56 Å². The molecule has 4 rings (SSSR count). The van der Waals surface area contributed by atoms with E-state index in [1.165, 1.54) is 30.3 Å². The largest absolute Gasteiger partial charge is 0.483 e. The van der Waals surface area contributed by atoms with Crippen LogP contribution >= 0.6 is 0 Å². The van der Waals surface area contributed by atoms with Gasteiger partial charge in [0.2, 0.25) is 5.88 Å². The molecule has 1 aromatic carbocycles. The van der Waals surface area contributed by atoms with Crippen molar-refractivity contribution in [1.82, 2.24) is 14.8 Å². The van der Waals surface area contributed by atoms with E-state index in [1.54, 1.807) is 0 Å². The van der Waals surface area contributed by atoms with Gasteiger partial charge in [0.25, 0.3) is 5.91 Å². The molecule has 0 atom stereocenters. The van der Waals surface area contributed by atoms with Crippen LogP contribution < -0.4 is 14.4 Å². The van der Waals surface area contributed by atoms with E-state index in [0.717, 1.165) is 22.9 Å². The molecule has 0 bridgehead atoms. The number of halogens is 6. The predicted octanol–water partition coefficient (Wildman–Crippen LogP) is 4.32. The number of carbonyl (C=O) groups excluding carboxylic acids is 1. The van der Waals surface area contributed by atoms with Crippen LogP contribution in [0.25, 0.3) is 11.3 Å². The first-order valence-electron chi connectivity index (χ1n) is 9.31. The Labute approximate surface area is 182 Å². The summed E-state index contributed by atoms with van der Waals surface area (Å²) in [5.74, 6) is -2.00. The number of fused-ring (bicyclic) bond motifs is 1. The van der Waals surface area contributed by atoms with Gasteiger partial charge in [-0.3, -0.25) is 14.7 Å². The van der Waals surface area contributed by atoms with E-state index in [-0.39, 0.29) is 35.1 Å². The van der Waals surface area contributed by atoms with E-state index in [1.807, 2.05) is 0 Å². The summed E-state index contributed by atoms with van der Waals surface area (Å²) in [5.41, 5.74) is 0.663. The number of aromatic nitrogens is 3. The Hall–Kier alpha value is -3.77. The summed E-state index contributed by atoms with van der Waals surface area (Å²) in [6.07, 6.45) is -3.38. The highest BCUT2D eigenvalue weighted by Crippen LogP contribution is 2.38. The number of anilines is 1. The Morgan fingerprint density at radius 2 is 1.91 bits per heavy atom. The van der Waals surface area contributed by atoms with Crippen LogP contribution in [0, 0.1) is 5.82 Å². The number of amides is 1. The first-order chi connectivity index (χ1) is 15.5. The Morgan fingerprint density at radius 3 is 2.61 bits per heavy atom. The summed E-state index contributed by atoms with van der Waals surface area (Å²) in [6, 6.07) is 5.58. The van der Waals surface area contributed by atoms with Crippen molar-refractivity contribution < 1.29 is 40.6 Å². The number of rotatable bonds is 6. The Kier molecular flexibility index (Phi) is 5.64. The molecule has 0 saturated heterocycles. The zero-order valence-electron chi connectivity index (χ0n) is 16.7. The first-order valence-corrected chi connectivity index (χ1v) is 9.31. The SMILES string of the molecule is Cn1nc(N2Cc3c(ccnc3-c3ccc(F)cc3OCC(F)(F)F)C2=O)cc1OC(F)F. The normalized spacial score (nSPS) is 13.6. The van der Waals surface area contributed by atoms with Gasteiger partial charge in [-0.05, 0) is 18.2 Å². The summed E-state index contributed by atoms with van der Waals surface area (Å²) in [5, 5.41) is 4.01. The van der Waals surface area contributed by atoms with Gasteiger partial charge in [-0.1, -0.05) is 0 Å². The molecular formula is C20H14F6N4O3. The number of benzene rings is 1. The van der Waals surface area contributed by atoms with Crippen molar-refractivity contribution in [1.29, 1.82) is 0 Å². The number of aryl methyl sites for hydroxylation is 1. The van der Waals surface area contributed by atoms with Crippen molar-refractivity contribution in [2.24, 2.45) is 7.05 Å². The minimum absolute atomic E-state index is 0.0213. The minimum Gasteiger partial charge on any atom is -0.483 e. The van der Waals surface area contributed by atoms with Crippen LogP contribution in [0.5, 0.6) is 11.6 Å². The molecule has 1 aliphatic rings. The fourth-order valence-corrected chi connectivity index (χ4v) is 3.39. The van der Waals surface area contributed by atoms with E-state index in [2.05, 4.69) is 14.8 Å². The molecule has 0 N–H and O–H groups in total. The smallest absolute Gasteiger partial charge is 0.422 e. The van der Waals surface area contributed by atoms with Crippen molar-refractivity contribution in [3.8, 4) is 22.9 Å². The number of pyridine rings is 1. The fourth-order valence-electron chi connectivity index (χ4n) is 3.39. The molecule has 174 valence electrons. The van der Waals surface area contributed by atoms with E-state index in [9.17, 15) is 31.1 Å². The van der Waals surface area contributed by atoms with Gasteiger partial charge in [-0.2, -0.15) is 27.1 Å². The molecule has 0 saturated carbocycles. The number of carbonyl (C=O) groups is 1. The lowest BCUT2D eigenvalue weighted by atomic mass is 10.0. The summed E-state index contributed by atoms with van der Waals surface area (Å²) in [4.78, 5) is 18.3. The molecule has 1 amide bonds. The number of hydrogen-bond acceptors (Lipinski definition) is 5. The molecule has 0 radical (unpaired) electrons. The molecule has 0 unspecified atom stereocenters. The average molecular weight is 472 g/mol. The first kappa shape index (κ1) is 22.4. The Morgan fingerprint density at radius 1 is 1.15 bits per heavy atom. The Bertz CT molecular complexity index is 1210. The van der Waals surface area contributed by atoms with E-state index in [4.69, 9.17) is 4.74 Å². The number of nitrogens with zero attached hydrogens (tertiary/aromatic N) is 4. The molecule has 3 aromatic rings. The molecule has 0 spiro atoms. The van der Waals surface area contributed by atoms with Crippen molar-refractivity contribution in [2.45, 2.75) is 19.3 Å². The van der Waals surface area contributed by atoms with Gasteiger partial charge in [0, 0.05) is 42.1 Å². The topological polar surface area (TPSA) is 69.5 Å². The molecule has 3 heterocycles. The summed E-state index contributed by atoms with van der Waals surface area (Å²) >= 11 is 0. The standard InChI is InChI=1S/C20H14F6N4O3/c1-29-16(33-19(22)23)7-15(28-29)30-8-13-11(18(30)31)4-5-27-17(13)12-3-2-10(21)6-14(12)32-9-20(24,25)26/h2-7,19H,8-9H2,1H3. The zero-order valence-corrected chi connectivity index (χ0v) is 16.7. The summed E-state index contributed by atoms with van der Waals surface area (Å²) in [6.45, 7) is -4.85. The third kappa shape index (κ3) is 4.56. The lowest BCUT2D eigenvalue weighted by molar-refractivity contribution is -0.153. The molecule has 0 aliphatic carbocycles. The van der Waals surface area contributed by atoms with Crippen LogP contribution in [0.3, 0.4) is 0 Å². The van der Waals surface area contributed by atoms with Crippen LogP contribution in [-0.4, -0.2) is 40.1 Å². The molecule has 2 aromatic heterocycles. The average Bonchev–Trinajstić information content (AvgIpc) is 3.25. The lowest BCUT2D eigenvalue weighted by Crippen LogP contribution is -2.23. The van der Waals surface area contributed by atoms with Crippen molar-refractivity contribution in [3.63, 3.8) is 0 Å². The summed E-state index contributed by atoms with van der Waals surface area (Å²) < 4.78 is 86.9. The highest BCUT2D eigenvalue weighted by Gasteiger charge is 2.34. The van der Waals surface area contributed by atoms with E-state index < -0.39 is 36.9 Å². The fraction of sp³-hybridized carbons (Fsp3) is 0.250. The Balaban J connectivity index is 1.71. The van der Waals surface area contributed by atoms with Crippen LogP contribution in [-0.2, 0) is 13.6 Å². The van der Waals surface area contributed by atoms with Gasteiger partial charge in [0.1, 0.15) is 11.6 Å². The number of hydrogen-bond donors (Lipinski definition) is 0. The molecule has 33 heavy (non-hydrogen) atoms. The second-order valence-corrected chi connectivity index (χ2v) is 6.96. The van der Waals surface area contributed by atoms with Crippen LogP contribution in [0.4, 0.5) is 32.2 Å². The van der Waals surface area contributed by atoms with Gasteiger partial charge < -0.3 is 9.47 Å². The third-order valence-electron chi connectivity index (χ3n) is 4.75. The van der Waals surface area contributed by atoms with Gasteiger partial charge in [0.15, 0.2) is 12.4 Å².